The third-order valence-electron chi connectivity index (χ3n) is 5.03. The highest BCUT2D eigenvalue weighted by Crippen LogP contribution is 2.22. The number of piperazine rings is 1. The highest BCUT2D eigenvalue weighted by Gasteiger charge is 2.22. The molecule has 148 valence electrons. The summed E-state index contributed by atoms with van der Waals surface area (Å²) in [6, 6.07) is 23.6. The van der Waals surface area contributed by atoms with Gasteiger partial charge in [0.15, 0.2) is 0 Å². The summed E-state index contributed by atoms with van der Waals surface area (Å²) >= 11 is 0. The van der Waals surface area contributed by atoms with Crippen LogP contribution in [0.2, 0.25) is 0 Å². The number of para-hydroxylation sites is 1. The first-order chi connectivity index (χ1) is 14.2. The van der Waals surface area contributed by atoms with Gasteiger partial charge in [-0.05, 0) is 54.1 Å². The molecule has 0 aliphatic carbocycles. The second kappa shape index (κ2) is 8.88. The molecule has 1 fully saturated rings. The number of ether oxygens (including phenoxy) is 1. The lowest BCUT2D eigenvalue weighted by Crippen LogP contribution is -2.48. The molecule has 0 bridgehead atoms. The van der Waals surface area contributed by atoms with E-state index in [9.17, 15) is 9.18 Å². The zero-order valence-electron chi connectivity index (χ0n) is 16.1. The van der Waals surface area contributed by atoms with Crippen LogP contribution in [0.15, 0.2) is 78.9 Å². The fraction of sp³-hybridized carbons (Fsp3) is 0.208. The number of hydrogen-bond donors (Lipinski definition) is 0. The van der Waals surface area contributed by atoms with Crippen molar-refractivity contribution in [2.45, 2.75) is 6.54 Å². The SMILES string of the molecule is O=C(c1ccc(F)cc1)N1CCN(Cc2cccc(Oc3ccccc3)c2)CC1. The Morgan fingerprint density at radius 3 is 2.24 bits per heavy atom. The van der Waals surface area contributed by atoms with E-state index in [0.29, 0.717) is 18.7 Å². The molecule has 0 aromatic heterocycles. The first kappa shape index (κ1) is 19.2. The lowest BCUT2D eigenvalue weighted by atomic mass is 10.1. The highest BCUT2D eigenvalue weighted by atomic mass is 19.1. The van der Waals surface area contributed by atoms with Gasteiger partial charge in [-0.3, -0.25) is 9.69 Å². The van der Waals surface area contributed by atoms with Crippen molar-refractivity contribution in [2.75, 3.05) is 26.2 Å². The fourth-order valence-electron chi connectivity index (χ4n) is 3.47. The van der Waals surface area contributed by atoms with Crippen LogP contribution in [0.3, 0.4) is 0 Å². The van der Waals surface area contributed by atoms with Crippen molar-refractivity contribution in [3.63, 3.8) is 0 Å². The molecule has 1 aliphatic heterocycles. The number of benzene rings is 3. The van der Waals surface area contributed by atoms with Gasteiger partial charge in [0.2, 0.25) is 0 Å². The molecule has 1 heterocycles. The van der Waals surface area contributed by atoms with E-state index in [1.165, 1.54) is 17.7 Å². The summed E-state index contributed by atoms with van der Waals surface area (Å²) in [7, 11) is 0. The van der Waals surface area contributed by atoms with E-state index in [2.05, 4.69) is 17.0 Å². The smallest absolute Gasteiger partial charge is 0.253 e. The summed E-state index contributed by atoms with van der Waals surface area (Å²) in [5.74, 6) is 1.27. The molecule has 4 nitrogen and oxygen atoms in total. The van der Waals surface area contributed by atoms with E-state index in [0.717, 1.165) is 31.1 Å². The first-order valence-electron chi connectivity index (χ1n) is 9.76. The third-order valence-corrected chi connectivity index (χ3v) is 5.03. The molecule has 3 aromatic rings. The molecule has 0 radical (unpaired) electrons. The largest absolute Gasteiger partial charge is 0.457 e. The van der Waals surface area contributed by atoms with E-state index in [1.807, 2.05) is 47.4 Å². The average molecular weight is 390 g/mol. The Hall–Kier alpha value is -3.18. The van der Waals surface area contributed by atoms with Crippen LogP contribution in [0.1, 0.15) is 15.9 Å². The third kappa shape index (κ3) is 5.00. The molecule has 5 heteroatoms. The lowest BCUT2D eigenvalue weighted by Gasteiger charge is -2.34. The molecule has 1 saturated heterocycles. The Labute approximate surface area is 170 Å². The van der Waals surface area contributed by atoms with Crippen LogP contribution in [-0.4, -0.2) is 41.9 Å². The Morgan fingerprint density at radius 1 is 0.828 bits per heavy atom. The number of nitrogens with zero attached hydrogens (tertiary/aromatic N) is 2. The minimum atomic E-state index is -0.329. The van der Waals surface area contributed by atoms with E-state index in [-0.39, 0.29) is 11.7 Å². The fourth-order valence-corrected chi connectivity index (χ4v) is 3.47. The van der Waals surface area contributed by atoms with Crippen molar-refractivity contribution in [3.05, 3.63) is 95.8 Å². The van der Waals surface area contributed by atoms with Crippen molar-refractivity contribution in [1.29, 1.82) is 0 Å². The minimum absolute atomic E-state index is 0.0390. The summed E-state index contributed by atoms with van der Waals surface area (Å²) in [5.41, 5.74) is 1.71. The van der Waals surface area contributed by atoms with Gasteiger partial charge >= 0.3 is 0 Å². The van der Waals surface area contributed by atoms with Gasteiger partial charge in [0, 0.05) is 38.3 Å². The van der Waals surface area contributed by atoms with Crippen LogP contribution in [0, 0.1) is 5.82 Å². The van der Waals surface area contributed by atoms with E-state index >= 15 is 0 Å². The van der Waals surface area contributed by atoms with Gasteiger partial charge in [-0.15, -0.1) is 0 Å². The highest BCUT2D eigenvalue weighted by molar-refractivity contribution is 5.94. The molecule has 0 saturated carbocycles. The summed E-state index contributed by atoms with van der Waals surface area (Å²) in [6.07, 6.45) is 0. The van der Waals surface area contributed by atoms with E-state index in [4.69, 9.17) is 4.74 Å². The molecule has 1 aliphatic rings. The number of carbonyl (C=O) groups excluding carboxylic acids is 1. The number of rotatable bonds is 5. The quantitative estimate of drug-likeness (QED) is 0.640. The van der Waals surface area contributed by atoms with Crippen LogP contribution < -0.4 is 4.74 Å². The molecular formula is C24H23FN2O2. The van der Waals surface area contributed by atoms with Crippen LogP contribution in [0.4, 0.5) is 4.39 Å². The van der Waals surface area contributed by atoms with Gasteiger partial charge in [0.1, 0.15) is 17.3 Å². The second-order valence-electron chi connectivity index (χ2n) is 7.14. The maximum atomic E-state index is 13.1. The maximum Gasteiger partial charge on any atom is 0.253 e. The van der Waals surface area contributed by atoms with Gasteiger partial charge in [-0.1, -0.05) is 30.3 Å². The molecule has 0 spiro atoms. The topological polar surface area (TPSA) is 32.8 Å². The van der Waals surface area contributed by atoms with Crippen molar-refractivity contribution in [1.82, 2.24) is 9.80 Å². The molecular weight excluding hydrogens is 367 g/mol. The Bertz CT molecular complexity index is 952. The van der Waals surface area contributed by atoms with Crippen LogP contribution >= 0.6 is 0 Å². The van der Waals surface area contributed by atoms with Gasteiger partial charge < -0.3 is 9.64 Å². The summed E-state index contributed by atoms with van der Waals surface area (Å²) in [5, 5.41) is 0. The van der Waals surface area contributed by atoms with Crippen LogP contribution in [-0.2, 0) is 6.54 Å². The van der Waals surface area contributed by atoms with Crippen molar-refractivity contribution in [3.8, 4) is 11.5 Å². The van der Waals surface area contributed by atoms with E-state index in [1.54, 1.807) is 12.1 Å². The Balaban J connectivity index is 1.32. The Morgan fingerprint density at radius 2 is 1.52 bits per heavy atom. The lowest BCUT2D eigenvalue weighted by molar-refractivity contribution is 0.0628. The molecule has 29 heavy (non-hydrogen) atoms. The molecule has 3 aromatic carbocycles. The summed E-state index contributed by atoms with van der Waals surface area (Å²) in [6.45, 7) is 3.74. The van der Waals surface area contributed by atoms with Gasteiger partial charge in [-0.2, -0.15) is 0 Å². The summed E-state index contributed by atoms with van der Waals surface area (Å²) < 4.78 is 19.0. The zero-order chi connectivity index (χ0) is 20.1. The van der Waals surface area contributed by atoms with E-state index < -0.39 is 0 Å². The maximum absolute atomic E-state index is 13.1. The molecule has 0 unspecified atom stereocenters. The van der Waals surface area contributed by atoms with Crippen molar-refractivity contribution >= 4 is 5.91 Å². The summed E-state index contributed by atoms with van der Waals surface area (Å²) in [4.78, 5) is 16.7. The predicted molar refractivity (Wildman–Crippen MR) is 111 cm³/mol. The standard InChI is InChI=1S/C24H23FN2O2/c25-21-11-9-20(10-12-21)24(28)27-15-13-26(14-16-27)18-19-5-4-8-23(17-19)29-22-6-2-1-3-7-22/h1-12,17H,13-16,18H2. The van der Waals surface area contributed by atoms with Crippen molar-refractivity contribution < 1.29 is 13.9 Å². The molecule has 0 atom stereocenters. The van der Waals surface area contributed by atoms with Crippen LogP contribution in [0.5, 0.6) is 11.5 Å². The number of carbonyl (C=O) groups is 1. The minimum Gasteiger partial charge on any atom is -0.457 e. The number of halogens is 1. The number of hydrogen-bond acceptors (Lipinski definition) is 3. The van der Waals surface area contributed by atoms with Gasteiger partial charge in [0.25, 0.3) is 5.91 Å². The molecule has 4 rings (SSSR count). The molecule has 0 N–H and O–H groups in total. The molecule has 1 amide bonds. The van der Waals surface area contributed by atoms with Gasteiger partial charge in [-0.25, -0.2) is 4.39 Å². The Kier molecular flexibility index (Phi) is 5.86. The second-order valence-corrected chi connectivity index (χ2v) is 7.14. The number of amides is 1. The van der Waals surface area contributed by atoms with Crippen LogP contribution in [0.25, 0.3) is 0 Å². The zero-order valence-corrected chi connectivity index (χ0v) is 16.1. The van der Waals surface area contributed by atoms with Crippen molar-refractivity contribution in [2.24, 2.45) is 0 Å². The average Bonchev–Trinajstić information content (AvgIpc) is 2.75. The monoisotopic (exact) mass is 390 g/mol. The predicted octanol–water partition coefficient (Wildman–Crippen LogP) is 4.58. The normalized spacial score (nSPS) is 14.6. The first-order valence-corrected chi connectivity index (χ1v) is 9.76. The van der Waals surface area contributed by atoms with Gasteiger partial charge in [0.05, 0.1) is 0 Å².